The van der Waals surface area contributed by atoms with E-state index in [9.17, 15) is 9.59 Å². The molecule has 0 aromatic carbocycles. The van der Waals surface area contributed by atoms with E-state index in [-0.39, 0.29) is 48.7 Å². The first-order chi connectivity index (χ1) is 12.1. The predicted molar refractivity (Wildman–Crippen MR) is 109 cm³/mol. The summed E-state index contributed by atoms with van der Waals surface area (Å²) in [6.07, 6.45) is 3.86. The van der Waals surface area contributed by atoms with Crippen molar-refractivity contribution in [2.75, 3.05) is 52.5 Å². The number of hydrogen-bond acceptors (Lipinski definition) is 5. The van der Waals surface area contributed by atoms with Gasteiger partial charge in [0.05, 0.1) is 19.3 Å². The third kappa shape index (κ3) is 6.19. The molecule has 9 heteroatoms. The van der Waals surface area contributed by atoms with Gasteiger partial charge in [-0.2, -0.15) is 0 Å². The molecular formula is C18H34Cl2N4O3. The lowest BCUT2D eigenvalue weighted by Crippen LogP contribution is -2.56. The molecule has 1 aliphatic carbocycles. The lowest BCUT2D eigenvalue weighted by molar-refractivity contribution is -0.142. The molecule has 2 N–H and O–H groups in total. The van der Waals surface area contributed by atoms with Crippen LogP contribution in [0.2, 0.25) is 0 Å². The quantitative estimate of drug-likeness (QED) is 0.719. The van der Waals surface area contributed by atoms with Gasteiger partial charge in [-0.15, -0.1) is 24.8 Å². The molecule has 2 aliphatic heterocycles. The van der Waals surface area contributed by atoms with Crippen LogP contribution in [0.15, 0.2) is 0 Å². The lowest BCUT2D eigenvalue weighted by atomic mass is 9.99. The fourth-order valence-corrected chi connectivity index (χ4v) is 4.24. The Labute approximate surface area is 174 Å². The molecule has 3 fully saturated rings. The molecule has 2 heterocycles. The zero-order valence-corrected chi connectivity index (χ0v) is 17.8. The van der Waals surface area contributed by atoms with Crippen molar-refractivity contribution in [1.82, 2.24) is 14.7 Å². The number of carbonyl (C=O) groups excluding carboxylic acids is 2. The fraction of sp³-hybridized carbons (Fsp3) is 0.889. The summed E-state index contributed by atoms with van der Waals surface area (Å²) in [5, 5.41) is 0. The maximum atomic E-state index is 12.6. The molecule has 27 heavy (non-hydrogen) atoms. The van der Waals surface area contributed by atoms with Gasteiger partial charge in [-0.3, -0.25) is 14.5 Å². The van der Waals surface area contributed by atoms with Crippen LogP contribution in [-0.4, -0.2) is 91.1 Å². The number of nitrogens with two attached hydrogens (primary N) is 1. The van der Waals surface area contributed by atoms with Gasteiger partial charge in [0.1, 0.15) is 0 Å². The van der Waals surface area contributed by atoms with E-state index in [1.807, 2.05) is 16.7 Å². The second-order valence-electron chi connectivity index (χ2n) is 7.59. The zero-order valence-electron chi connectivity index (χ0n) is 16.2. The van der Waals surface area contributed by atoms with Crippen molar-refractivity contribution >= 4 is 36.6 Å². The molecule has 2 amide bonds. The topological polar surface area (TPSA) is 79.1 Å². The van der Waals surface area contributed by atoms with E-state index in [0.717, 1.165) is 32.4 Å². The summed E-state index contributed by atoms with van der Waals surface area (Å²) in [6.45, 7) is 7.55. The molecule has 0 spiro atoms. The van der Waals surface area contributed by atoms with E-state index in [1.165, 1.54) is 0 Å². The van der Waals surface area contributed by atoms with Gasteiger partial charge >= 0.3 is 0 Å². The van der Waals surface area contributed by atoms with Gasteiger partial charge < -0.3 is 20.3 Å². The summed E-state index contributed by atoms with van der Waals surface area (Å²) in [4.78, 5) is 31.2. The normalized spacial score (nSPS) is 27.5. The first-order valence-electron chi connectivity index (χ1n) is 9.70. The smallest absolute Gasteiger partial charge is 0.239 e. The number of hydrogen-bond donors (Lipinski definition) is 1. The van der Waals surface area contributed by atoms with Crippen LogP contribution in [0.1, 0.15) is 32.6 Å². The van der Waals surface area contributed by atoms with Gasteiger partial charge in [0, 0.05) is 51.7 Å². The predicted octanol–water partition coefficient (Wildman–Crippen LogP) is 0.739. The molecule has 3 aliphatic rings. The minimum absolute atomic E-state index is 0. The average Bonchev–Trinajstić information content (AvgIpc) is 3.06. The van der Waals surface area contributed by atoms with Crippen LogP contribution in [0, 0.1) is 5.92 Å². The van der Waals surface area contributed by atoms with E-state index >= 15 is 0 Å². The van der Waals surface area contributed by atoms with Crippen LogP contribution in [0.25, 0.3) is 0 Å². The largest absolute Gasteiger partial charge is 0.378 e. The van der Waals surface area contributed by atoms with Crippen LogP contribution < -0.4 is 5.73 Å². The Kier molecular flexibility index (Phi) is 10.3. The first kappa shape index (κ1) is 24.4. The number of halogens is 2. The van der Waals surface area contributed by atoms with Crippen molar-refractivity contribution in [2.45, 2.75) is 44.7 Å². The first-order valence-corrected chi connectivity index (χ1v) is 9.70. The van der Waals surface area contributed by atoms with Crippen molar-refractivity contribution in [3.8, 4) is 0 Å². The summed E-state index contributed by atoms with van der Waals surface area (Å²) in [5.74, 6) is 0.765. The third-order valence-electron chi connectivity index (χ3n) is 6.05. The Morgan fingerprint density at radius 3 is 2.19 bits per heavy atom. The van der Waals surface area contributed by atoms with E-state index in [0.29, 0.717) is 51.7 Å². The number of piperazine rings is 1. The minimum Gasteiger partial charge on any atom is -0.378 e. The highest BCUT2D eigenvalue weighted by molar-refractivity contribution is 5.85. The lowest BCUT2D eigenvalue weighted by Gasteiger charge is -2.39. The molecule has 3 rings (SSSR count). The SMILES string of the molecule is CC(C(=O)N1CCOCC1)N1CCN(C(=O)C[C@@H]2CCC[C@H]2N)CC1.Cl.Cl. The van der Waals surface area contributed by atoms with Gasteiger partial charge in [0.15, 0.2) is 0 Å². The van der Waals surface area contributed by atoms with E-state index < -0.39 is 0 Å². The molecule has 0 radical (unpaired) electrons. The molecule has 2 saturated heterocycles. The fourth-order valence-electron chi connectivity index (χ4n) is 4.24. The van der Waals surface area contributed by atoms with Crippen molar-refractivity contribution in [3.05, 3.63) is 0 Å². The Bertz CT molecular complexity index is 483. The molecule has 1 saturated carbocycles. The van der Waals surface area contributed by atoms with Crippen molar-refractivity contribution in [1.29, 1.82) is 0 Å². The number of amides is 2. The van der Waals surface area contributed by atoms with Crippen molar-refractivity contribution < 1.29 is 14.3 Å². The molecule has 3 atom stereocenters. The van der Waals surface area contributed by atoms with Gasteiger partial charge in [0.2, 0.25) is 11.8 Å². The number of rotatable bonds is 4. The highest BCUT2D eigenvalue weighted by atomic mass is 35.5. The Hall–Kier alpha value is -0.600. The van der Waals surface area contributed by atoms with E-state index in [4.69, 9.17) is 10.5 Å². The molecule has 0 bridgehead atoms. The van der Waals surface area contributed by atoms with Crippen molar-refractivity contribution in [2.24, 2.45) is 11.7 Å². The van der Waals surface area contributed by atoms with Crippen LogP contribution in [-0.2, 0) is 14.3 Å². The zero-order chi connectivity index (χ0) is 17.8. The van der Waals surface area contributed by atoms with Gasteiger partial charge in [-0.05, 0) is 25.7 Å². The summed E-state index contributed by atoms with van der Waals surface area (Å²) in [7, 11) is 0. The van der Waals surface area contributed by atoms with Crippen LogP contribution >= 0.6 is 24.8 Å². The molecule has 1 unspecified atom stereocenters. The summed E-state index contributed by atoms with van der Waals surface area (Å²) >= 11 is 0. The summed E-state index contributed by atoms with van der Waals surface area (Å²) in [6, 6.07) is 0.0648. The monoisotopic (exact) mass is 424 g/mol. The molecule has 0 aromatic heterocycles. The summed E-state index contributed by atoms with van der Waals surface area (Å²) < 4.78 is 5.32. The Morgan fingerprint density at radius 2 is 1.63 bits per heavy atom. The van der Waals surface area contributed by atoms with Gasteiger partial charge in [0.25, 0.3) is 0 Å². The molecular weight excluding hydrogens is 391 g/mol. The second-order valence-corrected chi connectivity index (χ2v) is 7.59. The minimum atomic E-state index is -0.126. The highest BCUT2D eigenvalue weighted by Crippen LogP contribution is 2.27. The standard InChI is InChI=1S/C18H32N4O3.2ClH/c1-14(18(24)22-9-11-25-12-10-22)20-5-7-21(8-6-20)17(23)13-15-3-2-4-16(15)19;;/h14-16H,2-13,19H2,1H3;2*1H/t14?,15-,16+;;/m0../s1. The Morgan fingerprint density at radius 1 is 1.00 bits per heavy atom. The van der Waals surface area contributed by atoms with E-state index in [1.54, 1.807) is 0 Å². The second kappa shape index (κ2) is 11.4. The van der Waals surface area contributed by atoms with Gasteiger partial charge in [-0.1, -0.05) is 6.42 Å². The number of nitrogens with zero attached hydrogens (tertiary/aromatic N) is 3. The molecule has 158 valence electrons. The van der Waals surface area contributed by atoms with Crippen molar-refractivity contribution in [3.63, 3.8) is 0 Å². The summed E-state index contributed by atoms with van der Waals surface area (Å²) in [5.41, 5.74) is 6.09. The van der Waals surface area contributed by atoms with Crippen LogP contribution in [0.5, 0.6) is 0 Å². The maximum Gasteiger partial charge on any atom is 0.239 e. The van der Waals surface area contributed by atoms with E-state index in [2.05, 4.69) is 4.90 Å². The molecule has 7 nitrogen and oxygen atoms in total. The van der Waals surface area contributed by atoms with Crippen LogP contribution in [0.3, 0.4) is 0 Å². The highest BCUT2D eigenvalue weighted by Gasteiger charge is 2.32. The average molecular weight is 425 g/mol. The van der Waals surface area contributed by atoms with Gasteiger partial charge in [-0.25, -0.2) is 0 Å². The molecule has 0 aromatic rings. The maximum absolute atomic E-state index is 12.6. The number of carbonyl (C=O) groups is 2. The number of morpholine rings is 1. The number of ether oxygens (including phenoxy) is 1. The van der Waals surface area contributed by atoms with Crippen LogP contribution in [0.4, 0.5) is 0 Å². The Balaban J connectivity index is 0.00000182. The third-order valence-corrected chi connectivity index (χ3v) is 6.05.